The third kappa shape index (κ3) is 5.49. The fourth-order valence-electron chi connectivity index (χ4n) is 3.04. The van der Waals surface area contributed by atoms with Crippen molar-refractivity contribution in [1.82, 2.24) is 0 Å². The standard InChI is InChI=1S/C24H17F7O/c1-2-3-14-4-7-18(20(26)10-14)16-6-5-15(19(25)11-16)8-9-24(30,31)32-17-12-21(27)23(29)22(28)13-17/h4-13H,2-3H2,1H3. The highest BCUT2D eigenvalue weighted by molar-refractivity contribution is 5.67. The third-order valence-electron chi connectivity index (χ3n) is 4.55. The van der Waals surface area contributed by atoms with Gasteiger partial charge in [-0.3, -0.25) is 0 Å². The molecule has 0 aromatic heterocycles. The highest BCUT2D eigenvalue weighted by Crippen LogP contribution is 2.29. The Morgan fingerprint density at radius 2 is 1.50 bits per heavy atom. The van der Waals surface area contributed by atoms with Crippen LogP contribution in [0.15, 0.2) is 54.6 Å². The molecule has 0 heterocycles. The Balaban J connectivity index is 1.79. The number of hydrogen-bond acceptors (Lipinski definition) is 1. The van der Waals surface area contributed by atoms with Crippen LogP contribution in [0.3, 0.4) is 0 Å². The fourth-order valence-corrected chi connectivity index (χ4v) is 3.04. The van der Waals surface area contributed by atoms with Crippen molar-refractivity contribution < 1.29 is 35.5 Å². The molecule has 168 valence electrons. The lowest BCUT2D eigenvalue weighted by Crippen LogP contribution is -2.21. The summed E-state index contributed by atoms with van der Waals surface area (Å²) in [4.78, 5) is 0. The van der Waals surface area contributed by atoms with E-state index in [4.69, 9.17) is 0 Å². The van der Waals surface area contributed by atoms with Crippen LogP contribution >= 0.6 is 0 Å². The lowest BCUT2D eigenvalue weighted by molar-refractivity contribution is -0.131. The first-order valence-electron chi connectivity index (χ1n) is 9.58. The zero-order valence-corrected chi connectivity index (χ0v) is 16.7. The third-order valence-corrected chi connectivity index (χ3v) is 4.55. The molecule has 32 heavy (non-hydrogen) atoms. The molecule has 0 aliphatic heterocycles. The summed E-state index contributed by atoms with van der Waals surface area (Å²) in [6.45, 7) is 1.96. The van der Waals surface area contributed by atoms with Gasteiger partial charge in [0.2, 0.25) is 0 Å². The zero-order valence-electron chi connectivity index (χ0n) is 16.7. The van der Waals surface area contributed by atoms with Gasteiger partial charge in [-0.15, -0.1) is 0 Å². The Bertz CT molecular complexity index is 1130. The molecule has 0 spiro atoms. The minimum Gasteiger partial charge on any atom is -0.429 e. The topological polar surface area (TPSA) is 9.23 Å². The Morgan fingerprint density at radius 3 is 2.09 bits per heavy atom. The summed E-state index contributed by atoms with van der Waals surface area (Å²) in [6, 6.07) is 8.68. The maximum atomic E-state index is 14.4. The molecule has 0 aliphatic rings. The Kier molecular flexibility index (Phi) is 6.91. The molecule has 8 heteroatoms. The SMILES string of the molecule is CCCc1ccc(-c2ccc(C=CC(F)(F)Oc3cc(F)c(F)c(F)c3)c(F)c2)c(F)c1. The Hall–Kier alpha value is -3.29. The first-order valence-corrected chi connectivity index (χ1v) is 9.58. The van der Waals surface area contributed by atoms with Gasteiger partial charge in [0.1, 0.15) is 17.4 Å². The molecule has 1 nitrogen and oxygen atoms in total. The molecule has 3 rings (SSSR count). The number of halogens is 7. The van der Waals surface area contributed by atoms with Crippen LogP contribution in [0, 0.1) is 29.1 Å². The molecule has 0 amide bonds. The van der Waals surface area contributed by atoms with E-state index < -0.39 is 40.9 Å². The highest BCUT2D eigenvalue weighted by atomic mass is 19.3. The van der Waals surface area contributed by atoms with Gasteiger partial charge in [0.25, 0.3) is 0 Å². The second-order valence-electron chi connectivity index (χ2n) is 7.00. The molecule has 0 atom stereocenters. The second kappa shape index (κ2) is 9.46. The van der Waals surface area contributed by atoms with Crippen molar-refractivity contribution in [3.8, 4) is 16.9 Å². The highest BCUT2D eigenvalue weighted by Gasteiger charge is 2.29. The van der Waals surface area contributed by atoms with Crippen LogP contribution in [0.2, 0.25) is 0 Å². The predicted octanol–water partition coefficient (Wildman–Crippen LogP) is 7.69. The van der Waals surface area contributed by atoms with Gasteiger partial charge in [0, 0.05) is 29.3 Å². The molecule has 0 radical (unpaired) electrons. The van der Waals surface area contributed by atoms with Crippen LogP contribution < -0.4 is 4.74 Å². The molecule has 0 bridgehead atoms. The maximum absolute atomic E-state index is 14.4. The molecule has 0 N–H and O–H groups in total. The largest absolute Gasteiger partial charge is 0.429 e. The molecule has 0 fully saturated rings. The number of rotatable bonds is 7. The normalized spacial score (nSPS) is 11.9. The van der Waals surface area contributed by atoms with E-state index in [0.717, 1.165) is 18.1 Å². The number of ether oxygens (including phenoxy) is 1. The molecule has 0 saturated carbocycles. The second-order valence-corrected chi connectivity index (χ2v) is 7.00. The molecule has 0 saturated heterocycles. The lowest BCUT2D eigenvalue weighted by atomic mass is 10.00. The van der Waals surface area contributed by atoms with Crippen molar-refractivity contribution in [3.05, 3.63) is 94.8 Å². The Labute approximate surface area is 179 Å². The quantitative estimate of drug-likeness (QED) is 0.263. The van der Waals surface area contributed by atoms with Gasteiger partial charge >= 0.3 is 6.11 Å². The number of benzene rings is 3. The van der Waals surface area contributed by atoms with Crippen LogP contribution in [-0.2, 0) is 6.42 Å². The minimum absolute atomic E-state index is 0.160. The van der Waals surface area contributed by atoms with Gasteiger partial charge in [0.05, 0.1) is 0 Å². The van der Waals surface area contributed by atoms with E-state index in [1.807, 2.05) is 6.92 Å². The van der Waals surface area contributed by atoms with Crippen molar-refractivity contribution >= 4 is 6.08 Å². The van der Waals surface area contributed by atoms with E-state index in [0.29, 0.717) is 12.5 Å². The molecular weight excluding hydrogens is 437 g/mol. The van der Waals surface area contributed by atoms with E-state index >= 15 is 0 Å². The Morgan fingerprint density at radius 1 is 0.812 bits per heavy atom. The van der Waals surface area contributed by atoms with E-state index in [1.54, 1.807) is 6.07 Å². The van der Waals surface area contributed by atoms with Gasteiger partial charge in [-0.1, -0.05) is 37.6 Å². The first kappa shape index (κ1) is 23.4. The maximum Gasteiger partial charge on any atom is 0.419 e. The van der Waals surface area contributed by atoms with Gasteiger partial charge in [-0.2, -0.15) is 8.78 Å². The van der Waals surface area contributed by atoms with E-state index in [-0.39, 0.29) is 34.9 Å². The number of aryl methyl sites for hydroxylation is 1. The van der Waals surface area contributed by atoms with Gasteiger partial charge in [-0.25, -0.2) is 22.0 Å². The molecule has 3 aromatic rings. The van der Waals surface area contributed by atoms with E-state index in [2.05, 4.69) is 4.74 Å². The van der Waals surface area contributed by atoms with Crippen molar-refractivity contribution in [1.29, 1.82) is 0 Å². The predicted molar refractivity (Wildman–Crippen MR) is 107 cm³/mol. The van der Waals surface area contributed by atoms with E-state index in [1.165, 1.54) is 24.3 Å². The van der Waals surface area contributed by atoms with Gasteiger partial charge in [-0.05, 0) is 35.8 Å². The van der Waals surface area contributed by atoms with Crippen LogP contribution in [0.25, 0.3) is 17.2 Å². The van der Waals surface area contributed by atoms with Crippen LogP contribution in [-0.4, -0.2) is 6.11 Å². The molecule has 0 unspecified atom stereocenters. The fraction of sp³-hybridized carbons (Fsp3) is 0.167. The van der Waals surface area contributed by atoms with Crippen LogP contribution in [0.4, 0.5) is 30.7 Å². The van der Waals surface area contributed by atoms with Crippen LogP contribution in [0.1, 0.15) is 24.5 Å². The van der Waals surface area contributed by atoms with Crippen molar-refractivity contribution in [2.24, 2.45) is 0 Å². The van der Waals surface area contributed by atoms with Crippen molar-refractivity contribution in [3.63, 3.8) is 0 Å². The summed E-state index contributed by atoms with van der Waals surface area (Å²) in [6.07, 6.45) is -1.67. The summed E-state index contributed by atoms with van der Waals surface area (Å²) in [7, 11) is 0. The molecule has 0 aliphatic carbocycles. The van der Waals surface area contributed by atoms with Crippen molar-refractivity contribution in [2.75, 3.05) is 0 Å². The first-order chi connectivity index (χ1) is 15.1. The molecule has 3 aromatic carbocycles. The van der Waals surface area contributed by atoms with Gasteiger partial charge < -0.3 is 4.74 Å². The van der Waals surface area contributed by atoms with Crippen molar-refractivity contribution in [2.45, 2.75) is 25.9 Å². The van der Waals surface area contributed by atoms with Gasteiger partial charge in [0.15, 0.2) is 17.5 Å². The number of hydrogen-bond donors (Lipinski definition) is 0. The monoisotopic (exact) mass is 454 g/mol. The average Bonchev–Trinajstić information content (AvgIpc) is 2.71. The molecular formula is C24H17F7O. The average molecular weight is 454 g/mol. The zero-order chi connectivity index (χ0) is 23.5. The summed E-state index contributed by atoms with van der Waals surface area (Å²) >= 11 is 0. The summed E-state index contributed by atoms with van der Waals surface area (Å²) in [5.41, 5.74) is 0.933. The number of alkyl halides is 2. The summed E-state index contributed by atoms with van der Waals surface area (Å²) < 4.78 is 100. The van der Waals surface area contributed by atoms with Crippen LogP contribution in [0.5, 0.6) is 5.75 Å². The summed E-state index contributed by atoms with van der Waals surface area (Å²) in [5, 5.41) is 0. The van der Waals surface area contributed by atoms with E-state index in [9.17, 15) is 30.7 Å². The lowest BCUT2D eigenvalue weighted by Gasteiger charge is -2.14. The smallest absolute Gasteiger partial charge is 0.419 e. The summed E-state index contributed by atoms with van der Waals surface area (Å²) in [5.74, 6) is -7.60. The minimum atomic E-state index is -4.08.